The molecular formula is C19H28IN5S. The van der Waals surface area contributed by atoms with Crippen LogP contribution in [0.4, 0.5) is 0 Å². The quantitative estimate of drug-likeness (QED) is 0.294. The molecule has 2 heterocycles. The van der Waals surface area contributed by atoms with Crippen LogP contribution in [0.1, 0.15) is 18.9 Å². The van der Waals surface area contributed by atoms with Gasteiger partial charge in [0.15, 0.2) is 5.96 Å². The highest BCUT2D eigenvalue weighted by molar-refractivity contribution is 14.0. The summed E-state index contributed by atoms with van der Waals surface area (Å²) in [6.07, 6.45) is 5.14. The number of guanidine groups is 1. The molecule has 0 bridgehead atoms. The molecule has 0 saturated carbocycles. The third-order valence-electron chi connectivity index (χ3n) is 4.32. The molecule has 1 aromatic heterocycles. The largest absolute Gasteiger partial charge is 0.357 e. The lowest BCUT2D eigenvalue weighted by Gasteiger charge is -2.21. The summed E-state index contributed by atoms with van der Waals surface area (Å²) in [7, 11) is 1.94. The van der Waals surface area contributed by atoms with Gasteiger partial charge in [0, 0.05) is 49.1 Å². The molecule has 3 rings (SSSR count). The third kappa shape index (κ3) is 6.19. The second kappa shape index (κ2) is 10.8. The molecule has 0 spiro atoms. The van der Waals surface area contributed by atoms with Gasteiger partial charge in [0.1, 0.15) is 0 Å². The molecular weight excluding hydrogens is 457 g/mol. The van der Waals surface area contributed by atoms with Gasteiger partial charge in [-0.15, -0.1) is 35.7 Å². The highest BCUT2D eigenvalue weighted by Crippen LogP contribution is 2.25. The van der Waals surface area contributed by atoms with E-state index in [1.165, 1.54) is 17.1 Å². The molecule has 1 unspecified atom stereocenters. The van der Waals surface area contributed by atoms with E-state index in [0.717, 1.165) is 31.2 Å². The Labute approximate surface area is 177 Å². The van der Waals surface area contributed by atoms with Gasteiger partial charge < -0.3 is 10.2 Å². The molecule has 7 heteroatoms. The van der Waals surface area contributed by atoms with Crippen molar-refractivity contribution in [1.82, 2.24) is 20.0 Å². The van der Waals surface area contributed by atoms with Crippen LogP contribution in [0.3, 0.4) is 0 Å². The monoisotopic (exact) mass is 485 g/mol. The van der Waals surface area contributed by atoms with Crippen molar-refractivity contribution in [3.63, 3.8) is 0 Å². The van der Waals surface area contributed by atoms with Crippen molar-refractivity contribution in [1.29, 1.82) is 0 Å². The lowest BCUT2D eigenvalue weighted by molar-refractivity contribution is 0.474. The van der Waals surface area contributed by atoms with Crippen molar-refractivity contribution in [3.05, 3.63) is 48.3 Å². The van der Waals surface area contributed by atoms with E-state index in [1.807, 2.05) is 35.9 Å². The predicted molar refractivity (Wildman–Crippen MR) is 120 cm³/mol. The number of thioether (sulfide) groups is 1. The predicted octanol–water partition coefficient (Wildman–Crippen LogP) is 3.62. The van der Waals surface area contributed by atoms with Crippen LogP contribution in [0.5, 0.6) is 0 Å². The fraction of sp³-hybridized carbons (Fsp3) is 0.474. The molecule has 1 aliphatic heterocycles. The number of rotatable bonds is 6. The summed E-state index contributed by atoms with van der Waals surface area (Å²) in [5.74, 6) is 2.91. The molecule has 5 nitrogen and oxygen atoms in total. The van der Waals surface area contributed by atoms with Crippen LogP contribution < -0.4 is 5.32 Å². The summed E-state index contributed by atoms with van der Waals surface area (Å²) in [4.78, 5) is 8.56. The normalized spacial score (nSPS) is 17.2. The van der Waals surface area contributed by atoms with Crippen LogP contribution >= 0.6 is 35.7 Å². The standard InChI is InChI=1S/C19H27N5S.HI/c1-3-20-19(21-11-17-12-22-23(2)13-17)24-10-9-16(14-24)15-25-18-7-5-4-6-8-18;/h4-8,12-13,16H,3,9-11,14-15H2,1-2H3,(H,20,21);1H. The van der Waals surface area contributed by atoms with Crippen LogP contribution in [0, 0.1) is 5.92 Å². The summed E-state index contributed by atoms with van der Waals surface area (Å²) in [5, 5.41) is 7.65. The summed E-state index contributed by atoms with van der Waals surface area (Å²) >= 11 is 1.96. The molecule has 1 aromatic carbocycles. The summed E-state index contributed by atoms with van der Waals surface area (Å²) in [5.41, 5.74) is 1.15. The van der Waals surface area contributed by atoms with Gasteiger partial charge in [-0.05, 0) is 31.4 Å². The number of halogens is 1. The van der Waals surface area contributed by atoms with Crippen LogP contribution in [0.15, 0.2) is 52.6 Å². The highest BCUT2D eigenvalue weighted by atomic mass is 127. The molecule has 0 aliphatic carbocycles. The Bertz CT molecular complexity index is 688. The second-order valence-electron chi connectivity index (χ2n) is 6.42. The second-order valence-corrected chi connectivity index (χ2v) is 7.51. The zero-order chi connectivity index (χ0) is 17.5. The lowest BCUT2D eigenvalue weighted by Crippen LogP contribution is -2.40. The number of aryl methyl sites for hydroxylation is 1. The smallest absolute Gasteiger partial charge is 0.194 e. The number of nitrogens with one attached hydrogen (secondary N) is 1. The fourth-order valence-corrected chi connectivity index (χ4v) is 4.09. The maximum atomic E-state index is 4.80. The molecule has 26 heavy (non-hydrogen) atoms. The van der Waals surface area contributed by atoms with Crippen LogP contribution in [0.2, 0.25) is 0 Å². The van der Waals surface area contributed by atoms with Gasteiger partial charge in [0.25, 0.3) is 0 Å². The average Bonchev–Trinajstić information content (AvgIpc) is 3.27. The zero-order valence-corrected chi connectivity index (χ0v) is 18.6. The molecule has 1 atom stereocenters. The van der Waals surface area contributed by atoms with Crippen molar-refractivity contribution in [2.24, 2.45) is 18.0 Å². The van der Waals surface area contributed by atoms with E-state index in [1.54, 1.807) is 0 Å². The molecule has 1 aliphatic rings. The zero-order valence-electron chi connectivity index (χ0n) is 15.5. The van der Waals surface area contributed by atoms with Gasteiger partial charge in [0.2, 0.25) is 0 Å². The topological polar surface area (TPSA) is 45.5 Å². The number of aliphatic imine (C=N–C) groups is 1. The molecule has 0 amide bonds. The first-order chi connectivity index (χ1) is 12.2. The van der Waals surface area contributed by atoms with Crippen molar-refractivity contribution in [3.8, 4) is 0 Å². The molecule has 1 N–H and O–H groups in total. The van der Waals surface area contributed by atoms with Crippen molar-refractivity contribution in [2.45, 2.75) is 24.8 Å². The Morgan fingerprint density at radius 1 is 1.35 bits per heavy atom. The van der Waals surface area contributed by atoms with E-state index in [4.69, 9.17) is 4.99 Å². The molecule has 142 valence electrons. The van der Waals surface area contributed by atoms with Gasteiger partial charge in [-0.1, -0.05) is 18.2 Å². The maximum absolute atomic E-state index is 4.80. The van der Waals surface area contributed by atoms with Gasteiger partial charge in [-0.25, -0.2) is 4.99 Å². The first-order valence-electron chi connectivity index (χ1n) is 8.93. The van der Waals surface area contributed by atoms with Crippen molar-refractivity contribution < 1.29 is 0 Å². The maximum Gasteiger partial charge on any atom is 0.194 e. The van der Waals surface area contributed by atoms with Gasteiger partial charge in [0.05, 0.1) is 12.7 Å². The van der Waals surface area contributed by atoms with Crippen molar-refractivity contribution in [2.75, 3.05) is 25.4 Å². The van der Waals surface area contributed by atoms with E-state index in [-0.39, 0.29) is 24.0 Å². The number of likely N-dealkylation sites (tertiary alicyclic amines) is 1. The Morgan fingerprint density at radius 3 is 2.85 bits per heavy atom. The van der Waals surface area contributed by atoms with Crippen molar-refractivity contribution >= 4 is 41.7 Å². The Morgan fingerprint density at radius 2 is 2.15 bits per heavy atom. The minimum absolute atomic E-state index is 0. The van der Waals surface area contributed by atoms with E-state index >= 15 is 0 Å². The van der Waals surface area contributed by atoms with Crippen LogP contribution in [0.25, 0.3) is 0 Å². The van der Waals surface area contributed by atoms with Gasteiger partial charge >= 0.3 is 0 Å². The van der Waals surface area contributed by atoms with Crippen LogP contribution in [-0.2, 0) is 13.6 Å². The SMILES string of the molecule is CCNC(=NCc1cnn(C)c1)N1CCC(CSc2ccccc2)C1.I. The number of benzene rings is 1. The lowest BCUT2D eigenvalue weighted by atomic mass is 10.2. The van der Waals surface area contributed by atoms with Crippen LogP contribution in [-0.4, -0.2) is 46.0 Å². The fourth-order valence-electron chi connectivity index (χ4n) is 3.04. The number of hydrogen-bond donors (Lipinski definition) is 1. The van der Waals surface area contributed by atoms with E-state index in [0.29, 0.717) is 12.5 Å². The number of nitrogens with zero attached hydrogens (tertiary/aromatic N) is 4. The molecule has 2 aromatic rings. The summed E-state index contributed by atoms with van der Waals surface area (Å²) in [6, 6.07) is 10.7. The van der Waals surface area contributed by atoms with Gasteiger partial charge in [-0.3, -0.25) is 4.68 Å². The van der Waals surface area contributed by atoms with E-state index in [9.17, 15) is 0 Å². The first-order valence-corrected chi connectivity index (χ1v) is 9.91. The number of hydrogen-bond acceptors (Lipinski definition) is 3. The summed E-state index contributed by atoms with van der Waals surface area (Å²) < 4.78 is 1.82. The molecule has 1 fully saturated rings. The van der Waals surface area contributed by atoms with E-state index in [2.05, 4.69) is 52.6 Å². The third-order valence-corrected chi connectivity index (χ3v) is 5.56. The van der Waals surface area contributed by atoms with E-state index < -0.39 is 0 Å². The van der Waals surface area contributed by atoms with Gasteiger partial charge in [-0.2, -0.15) is 5.10 Å². The number of aromatic nitrogens is 2. The molecule has 0 radical (unpaired) electrons. The Hall–Kier alpha value is -1.22. The Kier molecular flexibility index (Phi) is 8.77. The highest BCUT2D eigenvalue weighted by Gasteiger charge is 2.24. The summed E-state index contributed by atoms with van der Waals surface area (Å²) in [6.45, 7) is 5.86. The first kappa shape index (κ1) is 21.1. The minimum Gasteiger partial charge on any atom is -0.357 e. The average molecular weight is 485 g/mol. The Balaban J connectivity index is 0.00000243. The minimum atomic E-state index is 0. The molecule has 1 saturated heterocycles.